The van der Waals surface area contributed by atoms with Crippen LogP contribution in [0.4, 0.5) is 0 Å². The van der Waals surface area contributed by atoms with Gasteiger partial charge in [0.1, 0.15) is 11.5 Å². The number of nitrogens with one attached hydrogen (secondary N) is 1. The van der Waals surface area contributed by atoms with Crippen molar-refractivity contribution in [3.05, 3.63) is 42.2 Å². The second kappa shape index (κ2) is 6.74. The quantitative estimate of drug-likeness (QED) is 0.698. The van der Waals surface area contributed by atoms with Crippen LogP contribution in [0.3, 0.4) is 0 Å². The number of furan rings is 2. The van der Waals surface area contributed by atoms with Crippen molar-refractivity contribution in [2.75, 3.05) is 5.75 Å². The molecule has 23 heavy (non-hydrogen) atoms. The Morgan fingerprint density at radius 1 is 1.30 bits per heavy atom. The lowest BCUT2D eigenvalue weighted by atomic mass is 10.2. The average Bonchev–Trinajstić information content (AvgIpc) is 3.25. The van der Waals surface area contributed by atoms with E-state index in [-0.39, 0.29) is 11.7 Å². The number of aryl methyl sites for hydroxylation is 1. The fraction of sp³-hybridized carbons (Fsp3) is 0.267. The van der Waals surface area contributed by atoms with Crippen LogP contribution < -0.4 is 5.32 Å². The van der Waals surface area contributed by atoms with Gasteiger partial charge in [0.05, 0.1) is 30.4 Å². The van der Waals surface area contributed by atoms with Gasteiger partial charge >= 0.3 is 0 Å². The summed E-state index contributed by atoms with van der Waals surface area (Å²) in [4.78, 5) is 11.9. The Labute approximate surface area is 137 Å². The van der Waals surface area contributed by atoms with E-state index in [0.29, 0.717) is 11.7 Å². The number of thioether (sulfide) groups is 1. The van der Waals surface area contributed by atoms with E-state index < -0.39 is 0 Å². The number of hydrogen-bond donors (Lipinski definition) is 1. The molecule has 120 valence electrons. The summed E-state index contributed by atoms with van der Waals surface area (Å²) >= 11 is 1.33. The van der Waals surface area contributed by atoms with E-state index in [9.17, 15) is 4.79 Å². The number of carbonyl (C=O) groups excluding carboxylic acids is 1. The van der Waals surface area contributed by atoms with Crippen molar-refractivity contribution in [1.29, 1.82) is 0 Å². The summed E-state index contributed by atoms with van der Waals surface area (Å²) in [5.41, 5.74) is 0.897. The molecule has 1 amide bonds. The monoisotopic (exact) mass is 332 g/mol. The van der Waals surface area contributed by atoms with Gasteiger partial charge in [-0.2, -0.15) is 0 Å². The summed E-state index contributed by atoms with van der Waals surface area (Å²) in [6.45, 7) is 2.25. The van der Waals surface area contributed by atoms with Gasteiger partial charge < -0.3 is 18.7 Å². The molecule has 8 heteroatoms. The predicted molar refractivity (Wildman–Crippen MR) is 84.7 cm³/mol. The van der Waals surface area contributed by atoms with E-state index in [4.69, 9.17) is 8.83 Å². The summed E-state index contributed by atoms with van der Waals surface area (Å²) in [6.07, 6.45) is 3.20. The summed E-state index contributed by atoms with van der Waals surface area (Å²) in [6, 6.07) is 5.45. The highest BCUT2D eigenvalue weighted by Gasteiger charge is 2.15. The molecule has 0 bridgehead atoms. The van der Waals surface area contributed by atoms with Gasteiger partial charge in [-0.05, 0) is 25.1 Å². The van der Waals surface area contributed by atoms with Gasteiger partial charge in [0.15, 0.2) is 11.0 Å². The molecule has 0 aromatic carbocycles. The van der Waals surface area contributed by atoms with Gasteiger partial charge in [-0.15, -0.1) is 10.2 Å². The second-order valence-electron chi connectivity index (χ2n) is 4.90. The number of aromatic nitrogens is 3. The predicted octanol–water partition coefficient (Wildman–Crippen LogP) is 2.39. The molecule has 0 aliphatic heterocycles. The Bertz CT molecular complexity index is 792. The highest BCUT2D eigenvalue weighted by Crippen LogP contribution is 2.25. The van der Waals surface area contributed by atoms with E-state index in [1.165, 1.54) is 11.8 Å². The third-order valence-corrected chi connectivity index (χ3v) is 4.33. The van der Waals surface area contributed by atoms with Crippen molar-refractivity contribution in [3.8, 4) is 11.4 Å². The molecular formula is C15H16N4O3S. The largest absolute Gasteiger partial charge is 0.469 e. The Morgan fingerprint density at radius 3 is 2.87 bits per heavy atom. The van der Waals surface area contributed by atoms with Gasteiger partial charge in [-0.25, -0.2) is 0 Å². The van der Waals surface area contributed by atoms with E-state index >= 15 is 0 Å². The topological polar surface area (TPSA) is 86.1 Å². The average molecular weight is 332 g/mol. The Morgan fingerprint density at radius 2 is 2.17 bits per heavy atom. The molecule has 3 aromatic rings. The van der Waals surface area contributed by atoms with E-state index in [1.807, 2.05) is 30.7 Å². The molecule has 3 aromatic heterocycles. The molecule has 0 atom stereocenters. The van der Waals surface area contributed by atoms with Crippen LogP contribution in [-0.2, 0) is 18.4 Å². The van der Waals surface area contributed by atoms with Crippen molar-refractivity contribution in [1.82, 2.24) is 20.1 Å². The van der Waals surface area contributed by atoms with E-state index in [1.54, 1.807) is 18.6 Å². The van der Waals surface area contributed by atoms with Gasteiger partial charge in [0, 0.05) is 7.05 Å². The first-order valence-electron chi connectivity index (χ1n) is 7.01. The minimum atomic E-state index is -0.0876. The summed E-state index contributed by atoms with van der Waals surface area (Å²) < 4.78 is 12.3. The summed E-state index contributed by atoms with van der Waals surface area (Å²) in [5.74, 6) is 2.40. The minimum Gasteiger partial charge on any atom is -0.469 e. The number of rotatable bonds is 6. The maximum Gasteiger partial charge on any atom is 0.230 e. The van der Waals surface area contributed by atoms with Crippen LogP contribution in [0.5, 0.6) is 0 Å². The molecule has 0 fully saturated rings. The van der Waals surface area contributed by atoms with Crippen LogP contribution in [0, 0.1) is 6.92 Å². The molecule has 0 saturated heterocycles. The van der Waals surface area contributed by atoms with Crippen LogP contribution in [0.25, 0.3) is 11.4 Å². The standard InChI is InChI=1S/C15H16N4O3S/c1-10-12(5-7-21-10)14-17-18-15(19(14)2)23-9-13(20)16-8-11-4-3-6-22-11/h3-7H,8-9H2,1-2H3,(H,16,20). The van der Waals surface area contributed by atoms with Crippen LogP contribution >= 0.6 is 11.8 Å². The highest BCUT2D eigenvalue weighted by molar-refractivity contribution is 7.99. The van der Waals surface area contributed by atoms with Crippen LogP contribution in [0.1, 0.15) is 11.5 Å². The lowest BCUT2D eigenvalue weighted by molar-refractivity contribution is -0.118. The molecule has 0 aliphatic carbocycles. The molecule has 0 radical (unpaired) electrons. The summed E-state index contributed by atoms with van der Waals surface area (Å²) in [5, 5.41) is 11.8. The molecule has 3 heterocycles. The van der Waals surface area contributed by atoms with Crippen molar-refractivity contribution in [2.45, 2.75) is 18.6 Å². The lowest BCUT2D eigenvalue weighted by Crippen LogP contribution is -2.24. The minimum absolute atomic E-state index is 0.0876. The zero-order valence-electron chi connectivity index (χ0n) is 12.8. The van der Waals surface area contributed by atoms with E-state index in [2.05, 4.69) is 15.5 Å². The van der Waals surface area contributed by atoms with Gasteiger partial charge in [-0.3, -0.25) is 4.79 Å². The van der Waals surface area contributed by atoms with Crippen molar-refractivity contribution >= 4 is 17.7 Å². The molecule has 3 rings (SSSR count). The molecule has 0 aliphatic rings. The molecule has 0 spiro atoms. The van der Waals surface area contributed by atoms with Gasteiger partial charge in [0.25, 0.3) is 0 Å². The van der Waals surface area contributed by atoms with E-state index in [0.717, 1.165) is 22.9 Å². The van der Waals surface area contributed by atoms with Gasteiger partial charge in [-0.1, -0.05) is 11.8 Å². The second-order valence-corrected chi connectivity index (χ2v) is 5.84. The first-order chi connectivity index (χ1) is 11.1. The smallest absolute Gasteiger partial charge is 0.230 e. The van der Waals surface area contributed by atoms with Crippen molar-refractivity contribution in [3.63, 3.8) is 0 Å². The number of carbonyl (C=O) groups is 1. The van der Waals surface area contributed by atoms with Crippen LogP contribution in [0.2, 0.25) is 0 Å². The SMILES string of the molecule is Cc1occc1-c1nnc(SCC(=O)NCc2ccco2)n1C. The molecule has 1 N–H and O–H groups in total. The molecular weight excluding hydrogens is 316 g/mol. The third-order valence-electron chi connectivity index (χ3n) is 3.31. The Kier molecular flexibility index (Phi) is 4.52. The third kappa shape index (κ3) is 3.48. The number of amides is 1. The normalized spacial score (nSPS) is 10.9. The highest BCUT2D eigenvalue weighted by atomic mass is 32.2. The first-order valence-corrected chi connectivity index (χ1v) is 7.99. The zero-order valence-corrected chi connectivity index (χ0v) is 13.6. The van der Waals surface area contributed by atoms with Crippen molar-refractivity contribution in [2.24, 2.45) is 7.05 Å². The zero-order chi connectivity index (χ0) is 16.2. The fourth-order valence-corrected chi connectivity index (χ4v) is 2.81. The maximum atomic E-state index is 11.9. The molecule has 0 saturated carbocycles. The molecule has 7 nitrogen and oxygen atoms in total. The maximum absolute atomic E-state index is 11.9. The number of nitrogens with zero attached hydrogens (tertiary/aromatic N) is 3. The fourth-order valence-electron chi connectivity index (χ4n) is 2.07. The first kappa shape index (κ1) is 15.4. The summed E-state index contributed by atoms with van der Waals surface area (Å²) in [7, 11) is 1.87. The van der Waals surface area contributed by atoms with Crippen LogP contribution in [0.15, 0.2) is 44.7 Å². The Hall–Kier alpha value is -2.48. The Balaban J connectivity index is 1.57. The van der Waals surface area contributed by atoms with Crippen molar-refractivity contribution < 1.29 is 13.6 Å². The lowest BCUT2D eigenvalue weighted by Gasteiger charge is -2.04. The van der Waals surface area contributed by atoms with Crippen LogP contribution in [-0.4, -0.2) is 26.4 Å². The molecule has 0 unspecified atom stereocenters. The number of hydrogen-bond acceptors (Lipinski definition) is 6. The van der Waals surface area contributed by atoms with Gasteiger partial charge in [0.2, 0.25) is 5.91 Å².